The predicted molar refractivity (Wildman–Crippen MR) is 188 cm³/mol. The molecule has 1 aromatic heterocycles. The topological polar surface area (TPSA) is 122 Å². The number of carbonyl (C=O) groups excluding carboxylic acids is 2. The number of nitrogens with one attached hydrogen (secondary N) is 1. The minimum Gasteiger partial charge on any atom is -0.378 e. The van der Waals surface area contributed by atoms with Crippen LogP contribution < -0.4 is 16.0 Å². The van der Waals surface area contributed by atoms with E-state index >= 15 is 0 Å². The Morgan fingerprint density at radius 2 is 1.49 bits per heavy atom. The Hall–Kier alpha value is -3.87. The van der Waals surface area contributed by atoms with Crippen LogP contribution in [0.3, 0.4) is 0 Å². The van der Waals surface area contributed by atoms with Crippen LogP contribution in [0.5, 0.6) is 0 Å². The number of nitrogens with zero attached hydrogens (tertiary/aromatic N) is 4. The fourth-order valence-corrected chi connectivity index (χ4v) is 4.91. The molecule has 3 rings (SSSR count). The third-order valence-electron chi connectivity index (χ3n) is 7.73. The van der Waals surface area contributed by atoms with E-state index in [1.165, 1.54) is 0 Å². The first-order valence-corrected chi connectivity index (χ1v) is 16.4. The highest BCUT2D eigenvalue weighted by Crippen LogP contribution is 2.32. The normalized spacial score (nSPS) is 11.1. The van der Waals surface area contributed by atoms with Crippen LogP contribution in [0.15, 0.2) is 60.8 Å². The van der Waals surface area contributed by atoms with Gasteiger partial charge in [0.15, 0.2) is 0 Å². The highest BCUT2D eigenvalue weighted by atomic mass is 16.5. The average Bonchev–Trinajstić information content (AvgIpc) is 3.08. The maximum Gasteiger partial charge on any atom is 0.255 e. The number of anilines is 2. The number of aryl methyl sites for hydroxylation is 1. The van der Waals surface area contributed by atoms with Crippen molar-refractivity contribution in [3.05, 3.63) is 77.5 Å². The summed E-state index contributed by atoms with van der Waals surface area (Å²) in [6, 6.07) is 16.8. The summed E-state index contributed by atoms with van der Waals surface area (Å²) in [5.74, 6) is -0.443. The number of amides is 2. The van der Waals surface area contributed by atoms with Crippen LogP contribution in [-0.2, 0) is 14.2 Å². The molecule has 3 aromatic rings. The van der Waals surface area contributed by atoms with Crippen LogP contribution in [0.2, 0.25) is 0 Å². The van der Waals surface area contributed by atoms with E-state index < -0.39 is 0 Å². The van der Waals surface area contributed by atoms with E-state index in [9.17, 15) is 9.59 Å². The zero-order valence-corrected chi connectivity index (χ0v) is 28.7. The summed E-state index contributed by atoms with van der Waals surface area (Å²) in [6.07, 6.45) is 1.78. The van der Waals surface area contributed by atoms with Gasteiger partial charge in [-0.25, -0.2) is 0 Å². The van der Waals surface area contributed by atoms with E-state index in [2.05, 4.69) is 40.0 Å². The van der Waals surface area contributed by atoms with Crippen molar-refractivity contribution in [2.45, 2.75) is 20.8 Å². The number of benzene rings is 2. The SMILES string of the molecule is CCN(CC)c1ccc(NC(=O)c2cccc(C(=O)N(C)CCN(C)CCOCCOCCOCCN)c2)c(-c2cc(C)ccn2)c1. The van der Waals surface area contributed by atoms with Crippen molar-refractivity contribution in [3.8, 4) is 11.3 Å². The number of pyridine rings is 1. The summed E-state index contributed by atoms with van der Waals surface area (Å²) in [5, 5.41) is 3.07. The molecule has 2 amide bonds. The Bertz CT molecular complexity index is 1400. The molecule has 47 heavy (non-hydrogen) atoms. The number of carbonyl (C=O) groups is 2. The number of aromatic nitrogens is 1. The number of nitrogens with two attached hydrogens (primary N) is 1. The Labute approximate surface area is 280 Å². The molecule has 0 bridgehead atoms. The quantitative estimate of drug-likeness (QED) is 0.164. The molecule has 2 aromatic carbocycles. The van der Waals surface area contributed by atoms with Gasteiger partial charge in [0.05, 0.1) is 51.0 Å². The Balaban J connectivity index is 1.55. The number of hydrogen-bond acceptors (Lipinski definition) is 9. The van der Waals surface area contributed by atoms with Gasteiger partial charge in [-0.1, -0.05) is 6.07 Å². The molecule has 0 radical (unpaired) electrons. The monoisotopic (exact) mass is 648 g/mol. The maximum atomic E-state index is 13.5. The first-order chi connectivity index (χ1) is 22.8. The van der Waals surface area contributed by atoms with E-state index in [1.807, 2.05) is 38.2 Å². The lowest BCUT2D eigenvalue weighted by Crippen LogP contribution is -2.36. The highest BCUT2D eigenvalue weighted by Gasteiger charge is 2.17. The number of ether oxygens (including phenoxy) is 3. The number of likely N-dealkylation sites (N-methyl/N-ethyl adjacent to an activating group) is 2. The van der Waals surface area contributed by atoms with Gasteiger partial charge in [-0.2, -0.15) is 0 Å². The molecule has 0 aliphatic heterocycles. The third-order valence-corrected chi connectivity index (χ3v) is 7.73. The Kier molecular flexibility index (Phi) is 16.3. The number of rotatable bonds is 21. The lowest BCUT2D eigenvalue weighted by molar-refractivity contribution is 0.0127. The Morgan fingerprint density at radius 1 is 0.809 bits per heavy atom. The molecule has 256 valence electrons. The lowest BCUT2D eigenvalue weighted by Gasteiger charge is -2.23. The predicted octanol–water partition coefficient (Wildman–Crippen LogP) is 4.17. The van der Waals surface area contributed by atoms with Crippen molar-refractivity contribution >= 4 is 23.2 Å². The van der Waals surface area contributed by atoms with Gasteiger partial charge in [0.25, 0.3) is 11.8 Å². The van der Waals surface area contributed by atoms with Crippen molar-refractivity contribution < 1.29 is 23.8 Å². The van der Waals surface area contributed by atoms with Crippen LogP contribution in [0.1, 0.15) is 40.1 Å². The molecule has 11 nitrogen and oxygen atoms in total. The molecular formula is C36H52N6O5. The molecule has 1 heterocycles. The molecule has 0 aliphatic carbocycles. The van der Waals surface area contributed by atoms with Crippen LogP contribution in [-0.4, -0.2) is 120 Å². The molecule has 0 saturated carbocycles. The summed E-state index contributed by atoms with van der Waals surface area (Å²) in [7, 11) is 3.76. The van der Waals surface area contributed by atoms with Gasteiger partial charge >= 0.3 is 0 Å². The summed E-state index contributed by atoms with van der Waals surface area (Å²) in [5.41, 5.74) is 10.7. The summed E-state index contributed by atoms with van der Waals surface area (Å²) < 4.78 is 16.4. The van der Waals surface area contributed by atoms with Crippen molar-refractivity contribution in [1.82, 2.24) is 14.8 Å². The van der Waals surface area contributed by atoms with Crippen molar-refractivity contribution in [1.29, 1.82) is 0 Å². The first kappa shape index (κ1) is 37.6. The molecular weight excluding hydrogens is 596 g/mol. The largest absolute Gasteiger partial charge is 0.378 e. The molecule has 0 spiro atoms. The second kappa shape index (κ2) is 20.4. The molecule has 0 unspecified atom stereocenters. The Morgan fingerprint density at radius 3 is 2.17 bits per heavy atom. The van der Waals surface area contributed by atoms with Gasteiger partial charge < -0.3 is 40.0 Å². The van der Waals surface area contributed by atoms with Gasteiger partial charge in [0.2, 0.25) is 0 Å². The maximum absolute atomic E-state index is 13.5. The molecule has 3 N–H and O–H groups in total. The smallest absolute Gasteiger partial charge is 0.255 e. The van der Waals surface area contributed by atoms with E-state index in [1.54, 1.807) is 42.4 Å². The molecule has 0 atom stereocenters. The van der Waals surface area contributed by atoms with Crippen molar-refractivity contribution in [3.63, 3.8) is 0 Å². The fourth-order valence-electron chi connectivity index (χ4n) is 4.91. The van der Waals surface area contributed by atoms with E-state index in [0.717, 1.165) is 42.1 Å². The van der Waals surface area contributed by atoms with Gasteiger partial charge in [-0.3, -0.25) is 14.6 Å². The minimum atomic E-state index is -0.295. The first-order valence-electron chi connectivity index (χ1n) is 16.4. The van der Waals surface area contributed by atoms with E-state index in [4.69, 9.17) is 19.9 Å². The van der Waals surface area contributed by atoms with E-state index in [0.29, 0.717) is 76.1 Å². The van der Waals surface area contributed by atoms with Crippen LogP contribution in [0.4, 0.5) is 11.4 Å². The highest BCUT2D eigenvalue weighted by molar-refractivity contribution is 6.08. The molecule has 0 fully saturated rings. The molecule has 0 aliphatic rings. The fraction of sp³-hybridized carbons (Fsp3) is 0.472. The van der Waals surface area contributed by atoms with E-state index in [-0.39, 0.29) is 11.8 Å². The third kappa shape index (κ3) is 12.3. The van der Waals surface area contributed by atoms with Crippen molar-refractivity contribution in [2.75, 3.05) is 103 Å². The van der Waals surface area contributed by atoms with Crippen LogP contribution >= 0.6 is 0 Å². The summed E-state index contributed by atoms with van der Waals surface area (Å²) in [4.78, 5) is 37.4. The van der Waals surface area contributed by atoms with Gasteiger partial charge in [-0.15, -0.1) is 0 Å². The average molecular weight is 649 g/mol. The molecule has 0 saturated heterocycles. The zero-order chi connectivity index (χ0) is 34.0. The van der Waals surface area contributed by atoms with Gasteiger partial charge in [0, 0.05) is 74.9 Å². The second-order valence-corrected chi connectivity index (χ2v) is 11.3. The zero-order valence-electron chi connectivity index (χ0n) is 28.7. The van der Waals surface area contributed by atoms with Crippen LogP contribution in [0.25, 0.3) is 11.3 Å². The number of hydrogen-bond donors (Lipinski definition) is 2. The minimum absolute atomic E-state index is 0.148. The summed E-state index contributed by atoms with van der Waals surface area (Å²) in [6.45, 7) is 13.6. The van der Waals surface area contributed by atoms with Crippen LogP contribution in [0, 0.1) is 6.92 Å². The van der Waals surface area contributed by atoms with Gasteiger partial charge in [0.1, 0.15) is 0 Å². The van der Waals surface area contributed by atoms with Crippen molar-refractivity contribution in [2.24, 2.45) is 5.73 Å². The standard InChI is InChI=1S/C36H52N6O5/c1-6-42(7-2)31-11-12-33(32(27-31)34-25-28(3)13-15-38-34)39-35(43)29-9-8-10-30(26-29)36(44)41(5)17-16-40(4)18-20-46-22-24-47-23-21-45-19-14-37/h8-13,15,25-27H,6-7,14,16-24,37H2,1-5H3,(H,39,43). The lowest BCUT2D eigenvalue weighted by atomic mass is 10.0. The molecule has 11 heteroatoms. The van der Waals surface area contributed by atoms with Gasteiger partial charge in [-0.05, 0) is 81.9 Å². The summed E-state index contributed by atoms with van der Waals surface area (Å²) >= 11 is 0. The second-order valence-electron chi connectivity index (χ2n) is 11.3.